The minimum Gasteiger partial charge on any atom is -0.393 e. The lowest BCUT2D eigenvalue weighted by atomic mass is 10.0. The molecule has 0 bridgehead atoms. The Morgan fingerprint density at radius 3 is 2.72 bits per heavy atom. The number of hydrogen-bond acceptors (Lipinski definition) is 7. The van der Waals surface area contributed by atoms with Crippen molar-refractivity contribution in [3.8, 4) is 0 Å². The van der Waals surface area contributed by atoms with Gasteiger partial charge in [0, 0.05) is 52.2 Å². The number of rotatable bonds is 5. The number of anilines is 1. The van der Waals surface area contributed by atoms with Crippen molar-refractivity contribution in [3.63, 3.8) is 0 Å². The molecule has 32 heavy (non-hydrogen) atoms. The van der Waals surface area contributed by atoms with E-state index in [0.717, 1.165) is 10.8 Å². The molecule has 2 aromatic rings. The van der Waals surface area contributed by atoms with Crippen molar-refractivity contribution in [2.24, 2.45) is 5.92 Å². The Morgan fingerprint density at radius 2 is 2.12 bits per heavy atom. The van der Waals surface area contributed by atoms with Gasteiger partial charge >= 0.3 is 0 Å². The maximum absolute atomic E-state index is 14.0. The molecule has 4 rings (SSSR count). The molecule has 1 aliphatic heterocycles. The fourth-order valence-corrected chi connectivity index (χ4v) is 4.40. The summed E-state index contributed by atoms with van der Waals surface area (Å²) in [7, 11) is -5.16. The van der Waals surface area contributed by atoms with E-state index >= 15 is 0 Å². The van der Waals surface area contributed by atoms with Gasteiger partial charge in [-0.2, -0.15) is 4.98 Å². The number of nitrogens with one attached hydrogen (secondary N) is 1. The molecule has 12 heteroatoms. The minimum atomic E-state index is -5.16. The van der Waals surface area contributed by atoms with E-state index in [1.807, 2.05) is 0 Å². The lowest BCUT2D eigenvalue weighted by Crippen LogP contribution is -2.42. The van der Waals surface area contributed by atoms with Crippen LogP contribution < -0.4 is 10.9 Å². The summed E-state index contributed by atoms with van der Waals surface area (Å²) in [5, 5.41) is 12.3. The van der Waals surface area contributed by atoms with Crippen LogP contribution in [0.5, 0.6) is 0 Å². The lowest BCUT2D eigenvalue weighted by Gasteiger charge is -2.30. The highest BCUT2D eigenvalue weighted by Gasteiger charge is 2.35. The van der Waals surface area contributed by atoms with Crippen LogP contribution in [-0.4, -0.2) is 63.8 Å². The van der Waals surface area contributed by atoms with Gasteiger partial charge in [0.15, 0.2) is 0 Å². The first-order valence-corrected chi connectivity index (χ1v) is 11.2. The highest BCUT2D eigenvalue weighted by molar-refractivity contribution is 7.88. The van der Waals surface area contributed by atoms with Crippen LogP contribution in [0.4, 0.5) is 14.7 Å². The van der Waals surface area contributed by atoms with Crippen molar-refractivity contribution in [2.45, 2.75) is 57.1 Å². The van der Waals surface area contributed by atoms with Gasteiger partial charge < -0.3 is 10.4 Å². The minimum absolute atomic E-state index is 0.114. The second-order valence-corrected chi connectivity index (χ2v) is 9.13. The first-order valence-electron chi connectivity index (χ1n) is 14.2. The number of sulfonamides is 1. The van der Waals surface area contributed by atoms with Crippen molar-refractivity contribution in [3.05, 3.63) is 28.2 Å². The quantitative estimate of drug-likeness (QED) is 0.671. The first kappa shape index (κ1) is 14.2. The molecular weight excluding hydrogens is 444 g/mol. The molecule has 2 N–H and O–H groups in total. The zero-order chi connectivity index (χ0) is 31.1. The van der Waals surface area contributed by atoms with Gasteiger partial charge in [0.25, 0.3) is 12.0 Å². The van der Waals surface area contributed by atoms with Crippen molar-refractivity contribution in [1.29, 1.82) is 0 Å². The number of hydrogen-bond donors (Lipinski definition) is 2. The number of pyridine rings is 1. The zero-order valence-corrected chi connectivity index (χ0v) is 17.7. The van der Waals surface area contributed by atoms with Crippen LogP contribution in [0.1, 0.15) is 62.9 Å². The molecule has 3 heterocycles. The van der Waals surface area contributed by atoms with E-state index in [-0.39, 0.29) is 28.2 Å². The molecule has 0 radical (unpaired) electrons. The van der Waals surface area contributed by atoms with Gasteiger partial charge in [-0.15, -0.1) is 0 Å². The number of halogens is 2. The number of fused-ring (bicyclic) bond motifs is 1. The Labute approximate surface area is 197 Å². The Morgan fingerprint density at radius 1 is 1.41 bits per heavy atom. The fraction of sp³-hybridized carbons (Fsp3) is 0.650. The Bertz CT molecular complexity index is 1520. The van der Waals surface area contributed by atoms with Gasteiger partial charge in [0.05, 0.1) is 19.2 Å². The fourth-order valence-electron chi connectivity index (χ4n) is 3.93. The van der Waals surface area contributed by atoms with Crippen LogP contribution in [0, 0.1) is 5.92 Å². The zero-order valence-electron chi connectivity index (χ0n) is 25.8. The first-order chi connectivity index (χ1) is 18.4. The number of aromatic nitrogens is 3. The van der Waals surface area contributed by atoms with Gasteiger partial charge in [-0.05, 0) is 31.7 Å². The third-order valence-corrected chi connectivity index (χ3v) is 6.66. The van der Waals surface area contributed by atoms with Gasteiger partial charge in [-0.1, -0.05) is 6.92 Å². The van der Waals surface area contributed by atoms with E-state index in [4.69, 9.17) is 12.3 Å². The van der Waals surface area contributed by atoms with Gasteiger partial charge in [-0.3, -0.25) is 9.36 Å². The Kier molecular flexibility index (Phi) is 3.82. The topological polar surface area (TPSA) is 117 Å². The average Bonchev–Trinajstić information content (AvgIpc) is 3.13. The number of aliphatic hydroxyl groups is 1. The molecule has 176 valence electrons. The number of piperidine rings is 1. The molecule has 1 aliphatic carbocycles. The van der Waals surface area contributed by atoms with Gasteiger partial charge in [0.2, 0.25) is 16.0 Å². The summed E-state index contributed by atoms with van der Waals surface area (Å²) in [5.74, 6) is -1.20. The number of aliphatic hydroxyl groups excluding tert-OH is 1. The van der Waals surface area contributed by atoms with E-state index in [2.05, 4.69) is 15.3 Å². The summed E-state index contributed by atoms with van der Waals surface area (Å²) in [4.78, 5) is 21.2. The normalized spacial score (nSPS) is 34.6. The molecule has 9 nitrogen and oxygen atoms in total. The van der Waals surface area contributed by atoms with Crippen LogP contribution in [0.2, 0.25) is 0 Å². The maximum Gasteiger partial charge on any atom is 0.269 e. The summed E-state index contributed by atoms with van der Waals surface area (Å²) in [6, 6.07) is -3.13. The maximum atomic E-state index is 14.0. The molecule has 2 aromatic heterocycles. The molecule has 1 saturated heterocycles. The molecule has 2 aliphatic rings. The lowest BCUT2D eigenvalue weighted by molar-refractivity contribution is 0.127. The van der Waals surface area contributed by atoms with Crippen LogP contribution in [0.25, 0.3) is 11.0 Å². The molecule has 0 spiro atoms. The van der Waals surface area contributed by atoms with E-state index < -0.39 is 89.6 Å². The monoisotopic (exact) mass is 480 g/mol. The Balaban J connectivity index is 1.83. The summed E-state index contributed by atoms with van der Waals surface area (Å²) in [6.45, 7) is -0.821. The largest absolute Gasteiger partial charge is 0.393 e. The van der Waals surface area contributed by atoms with E-state index in [1.54, 1.807) is 6.92 Å². The smallest absolute Gasteiger partial charge is 0.269 e. The van der Waals surface area contributed by atoms with Crippen LogP contribution in [0.15, 0.2) is 17.1 Å². The van der Waals surface area contributed by atoms with Crippen LogP contribution in [0.3, 0.4) is 0 Å². The van der Waals surface area contributed by atoms with Crippen molar-refractivity contribution < 1.29 is 34.6 Å². The molecule has 0 unspecified atom stereocenters. The standard InChI is InChI=1S/C20H27F2N5O4S/c1-11-15(3-4-16(11)28)27-18-12(9-14(17(21)22)19(27)29)10-23-20(25-18)24-13-5-7-26(8-6-13)32(2,30)31/h9-11,13,15-17,28H,3-8H2,1-2H3,(H,23,24,25)/t11-,15-,16-/m0/s1/i2D3,5D2,6D2,13D,17D. The molecular formula is C20H27F2N5O4S. The molecule has 0 amide bonds. The molecule has 1 saturated carbocycles. The number of nitrogens with zero attached hydrogens (tertiary/aromatic N) is 4. The number of alkyl halides is 2. The second kappa shape index (κ2) is 8.64. The highest BCUT2D eigenvalue weighted by Crippen LogP contribution is 2.37. The molecule has 2 fully saturated rings. The van der Waals surface area contributed by atoms with E-state index in [0.29, 0.717) is 6.07 Å². The summed E-state index contributed by atoms with van der Waals surface area (Å²) >= 11 is 0. The van der Waals surface area contributed by atoms with Crippen molar-refractivity contribution in [1.82, 2.24) is 18.8 Å². The third kappa shape index (κ3) is 4.35. The van der Waals surface area contributed by atoms with Gasteiger partial charge in [-0.25, -0.2) is 26.5 Å². The van der Waals surface area contributed by atoms with Gasteiger partial charge in [0.1, 0.15) is 7.02 Å². The van der Waals surface area contributed by atoms with Crippen molar-refractivity contribution >= 4 is 27.0 Å². The third-order valence-electron chi connectivity index (χ3n) is 5.72. The van der Waals surface area contributed by atoms with Crippen LogP contribution in [-0.2, 0) is 10.0 Å². The summed E-state index contributed by atoms with van der Waals surface area (Å²) in [5.41, 5.74) is -2.70. The average molecular weight is 481 g/mol. The second-order valence-electron chi connectivity index (χ2n) is 7.66. The summed E-state index contributed by atoms with van der Waals surface area (Å²) in [6.07, 6.45) is -13.5. The predicted octanol–water partition coefficient (Wildman–Crippen LogP) is 1.90. The van der Waals surface area contributed by atoms with Crippen LogP contribution >= 0.6 is 0 Å². The van der Waals surface area contributed by atoms with E-state index in [9.17, 15) is 27.1 Å². The summed E-state index contributed by atoms with van der Waals surface area (Å²) < 4.78 is 125. The molecule has 0 aromatic carbocycles. The molecule has 3 atom stereocenters. The SMILES string of the molecule is [2H]C(F)(F)c1cc2cnc(NC3([2H])C([2H])([2H])CN(S(=O)(=O)C([2H])([2H])[2H])CC3([2H])[2H])nc2n([C@H]2CC[C@H](O)[C@H]2C)c1=O. The predicted molar refractivity (Wildman–Crippen MR) is 115 cm³/mol. The van der Waals surface area contributed by atoms with E-state index in [1.165, 1.54) is 0 Å². The van der Waals surface area contributed by atoms with Crippen molar-refractivity contribution in [2.75, 3.05) is 24.6 Å². The Hall–Kier alpha value is -2.18. The highest BCUT2D eigenvalue weighted by atomic mass is 32.2.